The summed E-state index contributed by atoms with van der Waals surface area (Å²) in [4.78, 5) is 21.0. The Kier molecular flexibility index (Phi) is 7.22. The predicted molar refractivity (Wildman–Crippen MR) is 50.7 cm³/mol. The van der Waals surface area contributed by atoms with Crippen molar-refractivity contribution in [3.05, 3.63) is 19.9 Å². The topological polar surface area (TPSA) is 52.6 Å². The van der Waals surface area contributed by atoms with Crippen molar-refractivity contribution < 1.29 is 68.5 Å². The Balaban J connectivity index is 6.59. The van der Waals surface area contributed by atoms with E-state index in [-0.39, 0.29) is 0 Å². The third kappa shape index (κ3) is 5.70. The minimum atomic E-state index is -8.38. The van der Waals surface area contributed by atoms with Crippen molar-refractivity contribution in [2.45, 2.75) is 12.4 Å². The van der Waals surface area contributed by atoms with Crippen LogP contribution in [0, 0.1) is 0 Å². The summed E-state index contributed by atoms with van der Waals surface area (Å²) in [6.07, 6.45) is -20.5. The molecule has 0 aromatic rings. The van der Waals surface area contributed by atoms with E-state index >= 15 is 0 Å². The van der Waals surface area contributed by atoms with Gasteiger partial charge in [0, 0.05) is 0 Å². The van der Waals surface area contributed by atoms with Gasteiger partial charge in [0.2, 0.25) is 0 Å². The van der Waals surface area contributed by atoms with Crippen molar-refractivity contribution in [2.75, 3.05) is 0 Å². The zero-order valence-corrected chi connectivity index (χ0v) is 12.9. The van der Waals surface area contributed by atoms with E-state index in [4.69, 9.17) is 0 Å². The summed E-state index contributed by atoms with van der Waals surface area (Å²) in [6.45, 7) is 0. The first-order chi connectivity index (χ1) is 11.0. The average Bonchev–Trinajstić information content (AvgIpc) is 2.42. The molecule has 0 aliphatic carbocycles. The Morgan fingerprint density at radius 3 is 1.00 bits per heavy atom. The molecule has 0 N–H and O–H groups in total. The van der Waals surface area contributed by atoms with Crippen LogP contribution < -0.4 is 0 Å². The Bertz CT molecular complexity index is 556. The Morgan fingerprint density at radius 2 is 0.840 bits per heavy atom. The molecule has 146 valence electrons. The standard InChI is InChI=1S/C8F12O4Te/c9-1(10)3(13)25(4(14)2(11)12,23-5(21)7(15,16)17)24-6(22)8(18,19)20. The molecule has 0 aliphatic rings. The van der Waals surface area contributed by atoms with Crippen LogP contribution in [0.2, 0.25) is 0 Å². The SMILES string of the molecule is O=C(O[Te](OC(=O)C(F)(F)F)(C(F)=C(F)F)C(F)=C(F)F)C(F)(F)F. The number of hydrogen-bond acceptors (Lipinski definition) is 4. The Hall–Kier alpha value is -1.63. The first kappa shape index (κ1) is 23.4. The van der Waals surface area contributed by atoms with Crippen molar-refractivity contribution in [1.29, 1.82) is 0 Å². The van der Waals surface area contributed by atoms with E-state index in [1.807, 2.05) is 0 Å². The fraction of sp³-hybridized carbons (Fsp3) is 0.250. The van der Waals surface area contributed by atoms with Gasteiger partial charge in [0.05, 0.1) is 0 Å². The molecule has 17 heteroatoms. The molecule has 0 rings (SSSR count). The average molecular weight is 516 g/mol. The van der Waals surface area contributed by atoms with Gasteiger partial charge in [0.1, 0.15) is 0 Å². The van der Waals surface area contributed by atoms with E-state index in [0.29, 0.717) is 0 Å². The van der Waals surface area contributed by atoms with E-state index in [2.05, 4.69) is 6.20 Å². The van der Waals surface area contributed by atoms with Crippen LogP contribution in [0.4, 0.5) is 52.7 Å². The van der Waals surface area contributed by atoms with Crippen molar-refractivity contribution in [2.24, 2.45) is 0 Å². The molecule has 0 spiro atoms. The third-order valence-electron chi connectivity index (χ3n) is 1.62. The molecule has 0 saturated carbocycles. The van der Waals surface area contributed by atoms with Crippen LogP contribution in [-0.2, 0) is 15.8 Å². The maximum absolute atomic E-state index is 13.3. The second-order valence-corrected chi connectivity index (χ2v) is 9.18. The summed E-state index contributed by atoms with van der Waals surface area (Å²) in [5, 5.41) is 0. The number of carbonyl (C=O) groups excluding carboxylic acids is 2. The van der Waals surface area contributed by atoms with Crippen molar-refractivity contribution in [3.63, 3.8) is 0 Å². The van der Waals surface area contributed by atoms with Crippen LogP contribution in [0.25, 0.3) is 0 Å². The summed E-state index contributed by atoms with van der Waals surface area (Å²) in [6, 6.07) is 0. The number of rotatable bonds is 4. The van der Waals surface area contributed by atoms with Gasteiger partial charge in [0.25, 0.3) is 0 Å². The number of hydrogen-bond donors (Lipinski definition) is 0. The zero-order chi connectivity index (χ0) is 20.4. The molecule has 0 unspecified atom stereocenters. The molecule has 0 aliphatic heterocycles. The van der Waals surface area contributed by atoms with Crippen LogP contribution in [-0.4, -0.2) is 43.3 Å². The van der Waals surface area contributed by atoms with Crippen LogP contribution in [0.3, 0.4) is 0 Å². The molecule has 25 heavy (non-hydrogen) atoms. The van der Waals surface area contributed by atoms with Gasteiger partial charge in [-0.1, -0.05) is 0 Å². The summed E-state index contributed by atoms with van der Waals surface area (Å²) in [7, 11) is 0. The molecule has 4 nitrogen and oxygen atoms in total. The molecule has 0 heterocycles. The molecule has 0 radical (unpaired) electrons. The van der Waals surface area contributed by atoms with Crippen LogP contribution in [0.15, 0.2) is 19.9 Å². The molecular formula is C8F12O4Te. The van der Waals surface area contributed by atoms with E-state index in [1.54, 1.807) is 0 Å². The summed E-state index contributed by atoms with van der Waals surface area (Å²) < 4.78 is 145. The van der Waals surface area contributed by atoms with Crippen molar-refractivity contribution in [3.8, 4) is 0 Å². The maximum atomic E-state index is 13.3. The van der Waals surface area contributed by atoms with E-state index in [9.17, 15) is 62.3 Å². The third-order valence-corrected chi connectivity index (χ3v) is 7.40. The Morgan fingerprint density at radius 1 is 0.600 bits per heavy atom. The van der Waals surface area contributed by atoms with Gasteiger partial charge in [-0.2, -0.15) is 0 Å². The van der Waals surface area contributed by atoms with Gasteiger partial charge in [-0.15, -0.1) is 0 Å². The van der Waals surface area contributed by atoms with E-state index in [0.717, 1.165) is 0 Å². The Labute approximate surface area is 132 Å². The van der Waals surface area contributed by atoms with Crippen molar-refractivity contribution in [1.82, 2.24) is 0 Å². The quantitative estimate of drug-likeness (QED) is 0.421. The van der Waals surface area contributed by atoms with Gasteiger partial charge in [0.15, 0.2) is 0 Å². The minimum absolute atomic E-state index is 2.77. The van der Waals surface area contributed by atoms with E-state index in [1.165, 1.54) is 0 Å². The van der Waals surface area contributed by atoms with Crippen LogP contribution in [0.1, 0.15) is 0 Å². The molecular weight excluding hydrogens is 516 g/mol. The first-order valence-electron chi connectivity index (χ1n) is 4.83. The summed E-state index contributed by atoms with van der Waals surface area (Å²) in [5.41, 5.74) is 0. The predicted octanol–water partition coefficient (Wildman–Crippen LogP) is 3.87. The van der Waals surface area contributed by atoms with Gasteiger partial charge < -0.3 is 0 Å². The fourth-order valence-corrected chi connectivity index (χ4v) is 5.05. The van der Waals surface area contributed by atoms with Gasteiger partial charge in [-0.05, 0) is 0 Å². The molecule has 0 fully saturated rings. The first-order valence-corrected chi connectivity index (χ1v) is 9.06. The second kappa shape index (κ2) is 7.72. The number of alkyl halides is 6. The molecule has 0 aromatic heterocycles. The van der Waals surface area contributed by atoms with Crippen LogP contribution >= 0.6 is 0 Å². The fourth-order valence-electron chi connectivity index (χ4n) is 0.753. The molecule has 0 atom stereocenters. The normalized spacial score (nSPS) is 13.0. The van der Waals surface area contributed by atoms with Gasteiger partial charge in [-0.25, -0.2) is 0 Å². The molecule has 0 saturated heterocycles. The van der Waals surface area contributed by atoms with Gasteiger partial charge in [-0.3, -0.25) is 0 Å². The summed E-state index contributed by atoms with van der Waals surface area (Å²) >= 11 is -8.38. The second-order valence-electron chi connectivity index (χ2n) is 3.31. The molecule has 0 bridgehead atoms. The zero-order valence-electron chi connectivity index (χ0n) is 10.6. The monoisotopic (exact) mass is 518 g/mol. The number of carbonyl (C=O) groups is 2. The number of halogens is 12. The molecule has 0 amide bonds. The van der Waals surface area contributed by atoms with E-state index < -0.39 is 63.2 Å². The van der Waals surface area contributed by atoms with Crippen molar-refractivity contribution >= 4 is 30.9 Å². The molecule has 0 aromatic carbocycles. The van der Waals surface area contributed by atoms with Crippen LogP contribution in [0.5, 0.6) is 0 Å². The summed E-state index contributed by atoms with van der Waals surface area (Å²) in [5.74, 6) is -7.70. The van der Waals surface area contributed by atoms with Gasteiger partial charge >= 0.3 is 132 Å².